The van der Waals surface area contributed by atoms with Crippen LogP contribution in [0.25, 0.3) is 0 Å². The lowest BCUT2D eigenvalue weighted by atomic mass is 10.00. The second kappa shape index (κ2) is 6.25. The molecular formula is C19H18FN3O2S. The Balaban J connectivity index is 1.84. The van der Waals surface area contributed by atoms with Crippen molar-refractivity contribution in [1.82, 2.24) is 9.55 Å². The van der Waals surface area contributed by atoms with Crippen LogP contribution in [0, 0.1) is 12.7 Å². The first-order valence-corrected chi connectivity index (χ1v) is 9.75. The average molecular weight is 371 g/mol. The molecule has 4 rings (SSSR count). The molecule has 2 aromatic carbocycles. The van der Waals surface area contributed by atoms with Crippen LogP contribution in [0.2, 0.25) is 0 Å². The number of para-hydroxylation sites is 1. The van der Waals surface area contributed by atoms with Crippen molar-refractivity contribution in [3.05, 3.63) is 78.1 Å². The topological polar surface area (TPSA) is 55.2 Å². The summed E-state index contributed by atoms with van der Waals surface area (Å²) in [4.78, 5) is 4.07. The van der Waals surface area contributed by atoms with Gasteiger partial charge in [-0.1, -0.05) is 24.3 Å². The Labute approximate surface area is 151 Å². The summed E-state index contributed by atoms with van der Waals surface area (Å²) in [6, 6.07) is 11.2. The highest BCUT2D eigenvalue weighted by atomic mass is 32.2. The summed E-state index contributed by atoms with van der Waals surface area (Å²) in [6.45, 7) is 1.95. The summed E-state index contributed by atoms with van der Waals surface area (Å²) in [6.07, 6.45) is 5.91. The van der Waals surface area contributed by atoms with Gasteiger partial charge >= 0.3 is 0 Å². The highest BCUT2D eigenvalue weighted by Crippen LogP contribution is 2.36. The number of fused-ring (bicyclic) bond motifs is 1. The maximum absolute atomic E-state index is 13.7. The number of benzene rings is 2. The third-order valence-electron chi connectivity index (χ3n) is 4.76. The molecule has 134 valence electrons. The highest BCUT2D eigenvalue weighted by Gasteiger charge is 2.34. The van der Waals surface area contributed by atoms with E-state index in [4.69, 9.17) is 0 Å². The molecule has 3 aromatic rings. The molecule has 26 heavy (non-hydrogen) atoms. The van der Waals surface area contributed by atoms with Gasteiger partial charge in [0.25, 0.3) is 10.0 Å². The van der Waals surface area contributed by atoms with E-state index in [1.807, 2.05) is 29.0 Å². The summed E-state index contributed by atoms with van der Waals surface area (Å²) in [5, 5.41) is 0. The maximum Gasteiger partial charge on any atom is 0.264 e. The fourth-order valence-electron chi connectivity index (χ4n) is 3.42. The lowest BCUT2D eigenvalue weighted by molar-refractivity contribution is 0.487. The molecule has 1 atom stereocenters. The van der Waals surface area contributed by atoms with Crippen LogP contribution < -0.4 is 4.31 Å². The van der Waals surface area contributed by atoms with Crippen LogP contribution in [0.1, 0.15) is 17.2 Å². The Morgan fingerprint density at radius 3 is 2.77 bits per heavy atom. The molecule has 0 saturated carbocycles. The second-order valence-electron chi connectivity index (χ2n) is 6.44. The quantitative estimate of drug-likeness (QED) is 0.710. The zero-order chi connectivity index (χ0) is 18.3. The summed E-state index contributed by atoms with van der Waals surface area (Å²) in [5.41, 5.74) is 2.11. The first-order valence-electron chi connectivity index (χ1n) is 8.31. The number of rotatable bonds is 3. The van der Waals surface area contributed by atoms with Crippen LogP contribution in [0.5, 0.6) is 0 Å². The van der Waals surface area contributed by atoms with Crippen molar-refractivity contribution in [2.75, 3.05) is 10.8 Å². The highest BCUT2D eigenvalue weighted by molar-refractivity contribution is 7.92. The number of aromatic nitrogens is 2. The van der Waals surface area contributed by atoms with Crippen molar-refractivity contribution >= 4 is 15.7 Å². The van der Waals surface area contributed by atoms with Gasteiger partial charge in [0.15, 0.2) is 0 Å². The molecule has 1 aliphatic heterocycles. The molecule has 2 heterocycles. The SMILES string of the molecule is Cc1ccc(F)cc1S(=O)(=O)N1CC(n2ccnc2)Cc2ccccc21. The molecule has 0 amide bonds. The number of imidazole rings is 1. The van der Waals surface area contributed by atoms with Crippen molar-refractivity contribution in [1.29, 1.82) is 0 Å². The van der Waals surface area contributed by atoms with Crippen molar-refractivity contribution < 1.29 is 12.8 Å². The second-order valence-corrected chi connectivity index (χ2v) is 8.27. The van der Waals surface area contributed by atoms with Crippen molar-refractivity contribution in [2.45, 2.75) is 24.3 Å². The lowest BCUT2D eigenvalue weighted by Crippen LogP contribution is -2.40. The Kier molecular flexibility index (Phi) is 4.03. The van der Waals surface area contributed by atoms with Crippen LogP contribution in [0.3, 0.4) is 0 Å². The van der Waals surface area contributed by atoms with E-state index in [1.165, 1.54) is 16.4 Å². The molecule has 1 aromatic heterocycles. The van der Waals surface area contributed by atoms with Gasteiger partial charge < -0.3 is 4.57 Å². The van der Waals surface area contributed by atoms with E-state index < -0.39 is 15.8 Å². The number of hydrogen-bond acceptors (Lipinski definition) is 3. The molecule has 1 aliphatic rings. The average Bonchev–Trinajstić information content (AvgIpc) is 3.17. The van der Waals surface area contributed by atoms with E-state index >= 15 is 0 Å². The van der Waals surface area contributed by atoms with E-state index in [9.17, 15) is 12.8 Å². The van der Waals surface area contributed by atoms with E-state index in [2.05, 4.69) is 4.98 Å². The molecule has 0 radical (unpaired) electrons. The number of halogens is 1. The van der Waals surface area contributed by atoms with E-state index in [0.29, 0.717) is 17.7 Å². The van der Waals surface area contributed by atoms with Gasteiger partial charge in [-0.3, -0.25) is 4.31 Å². The van der Waals surface area contributed by atoms with Gasteiger partial charge in [0.05, 0.1) is 29.5 Å². The molecule has 5 nitrogen and oxygen atoms in total. The fourth-order valence-corrected chi connectivity index (χ4v) is 5.20. The number of nitrogens with zero attached hydrogens (tertiary/aromatic N) is 3. The first-order chi connectivity index (χ1) is 12.5. The molecule has 0 bridgehead atoms. The normalized spacial score (nSPS) is 17.2. The first kappa shape index (κ1) is 16.8. The minimum absolute atomic E-state index is 0.00131. The summed E-state index contributed by atoms with van der Waals surface area (Å²) in [5.74, 6) is -0.564. The summed E-state index contributed by atoms with van der Waals surface area (Å²) < 4.78 is 43.8. The predicted molar refractivity (Wildman–Crippen MR) is 97.1 cm³/mol. The number of sulfonamides is 1. The van der Waals surface area contributed by atoms with Gasteiger partial charge in [0, 0.05) is 12.4 Å². The third kappa shape index (κ3) is 2.78. The molecule has 0 aliphatic carbocycles. The standard InChI is InChI=1S/C19H18FN3O2S/c1-14-6-7-16(20)11-19(14)26(24,25)23-12-17(22-9-8-21-13-22)10-15-4-2-3-5-18(15)23/h2-9,11,13,17H,10,12H2,1H3. The molecule has 0 spiro atoms. The van der Waals surface area contributed by atoms with Gasteiger partial charge in [-0.25, -0.2) is 17.8 Å². The minimum atomic E-state index is -3.89. The Morgan fingerprint density at radius 1 is 1.19 bits per heavy atom. The van der Waals surface area contributed by atoms with Crippen LogP contribution >= 0.6 is 0 Å². The number of aryl methyl sites for hydroxylation is 1. The summed E-state index contributed by atoms with van der Waals surface area (Å²) in [7, 11) is -3.89. The molecule has 7 heteroatoms. The van der Waals surface area contributed by atoms with Crippen LogP contribution in [-0.2, 0) is 16.4 Å². The van der Waals surface area contributed by atoms with Gasteiger partial charge in [-0.2, -0.15) is 0 Å². The van der Waals surface area contributed by atoms with Crippen LogP contribution in [-0.4, -0.2) is 24.5 Å². The molecule has 0 saturated heterocycles. The van der Waals surface area contributed by atoms with E-state index in [-0.39, 0.29) is 17.5 Å². The zero-order valence-electron chi connectivity index (χ0n) is 14.2. The van der Waals surface area contributed by atoms with Crippen molar-refractivity contribution in [2.24, 2.45) is 0 Å². The van der Waals surface area contributed by atoms with Crippen molar-refractivity contribution in [3.8, 4) is 0 Å². The largest absolute Gasteiger partial charge is 0.332 e. The smallest absolute Gasteiger partial charge is 0.264 e. The molecule has 0 N–H and O–H groups in total. The fraction of sp³-hybridized carbons (Fsp3) is 0.211. The number of hydrogen-bond donors (Lipinski definition) is 0. The zero-order valence-corrected chi connectivity index (χ0v) is 15.0. The molecule has 1 unspecified atom stereocenters. The predicted octanol–water partition coefficient (Wildman–Crippen LogP) is 3.32. The van der Waals surface area contributed by atoms with Gasteiger partial charge in [-0.05, 0) is 42.7 Å². The molecule has 0 fully saturated rings. The van der Waals surface area contributed by atoms with E-state index in [1.54, 1.807) is 25.5 Å². The molecular weight excluding hydrogens is 353 g/mol. The number of anilines is 1. The van der Waals surface area contributed by atoms with Gasteiger partial charge in [0.2, 0.25) is 0 Å². The maximum atomic E-state index is 13.7. The van der Waals surface area contributed by atoms with Gasteiger partial charge in [-0.15, -0.1) is 0 Å². The summed E-state index contributed by atoms with van der Waals surface area (Å²) >= 11 is 0. The van der Waals surface area contributed by atoms with Gasteiger partial charge in [0.1, 0.15) is 5.82 Å². The Morgan fingerprint density at radius 2 is 2.00 bits per heavy atom. The monoisotopic (exact) mass is 371 g/mol. The van der Waals surface area contributed by atoms with Crippen molar-refractivity contribution in [3.63, 3.8) is 0 Å². The van der Waals surface area contributed by atoms with E-state index in [0.717, 1.165) is 11.6 Å². The lowest BCUT2D eigenvalue weighted by Gasteiger charge is -2.36. The Bertz CT molecular complexity index is 1050. The minimum Gasteiger partial charge on any atom is -0.332 e. The van der Waals surface area contributed by atoms with Crippen LogP contribution in [0.4, 0.5) is 10.1 Å². The third-order valence-corrected chi connectivity index (χ3v) is 6.68. The van der Waals surface area contributed by atoms with Crippen LogP contribution in [0.15, 0.2) is 66.1 Å². The Hall–Kier alpha value is -2.67.